The van der Waals surface area contributed by atoms with Gasteiger partial charge in [0.1, 0.15) is 89.6 Å². The van der Waals surface area contributed by atoms with Gasteiger partial charge in [-0.25, -0.2) is 15.0 Å². The Kier molecular flexibility index (Phi) is 9.78. The van der Waals surface area contributed by atoms with Crippen LogP contribution in [0.1, 0.15) is 0 Å². The average Bonchev–Trinajstić information content (AvgIpc) is 3.66. The van der Waals surface area contributed by atoms with E-state index in [0.717, 1.165) is 49.8 Å². The number of nitrogens with zero attached hydrogens (tertiary/aromatic N) is 3. The van der Waals surface area contributed by atoms with E-state index in [1.165, 1.54) is 76.9 Å². The molecule has 4 nitrogen and oxygen atoms in total. The molecular weight excluding hydrogens is 707 g/mol. The number of hydrogen-bond donors (Lipinski definition) is 0. The normalized spacial score (nSPS) is 11.4. The van der Waals surface area contributed by atoms with Crippen molar-refractivity contribution < 1.29 is 4.42 Å². The molecule has 14 heteroatoms. The van der Waals surface area contributed by atoms with Crippen LogP contribution < -0.4 is 54.6 Å². The molecule has 0 N–H and O–H groups in total. The average molecular weight is 746 g/mol. The molecule has 0 bridgehead atoms. The predicted molar refractivity (Wildman–Crippen MR) is 282 cm³/mol. The number of hydrogen-bond acceptors (Lipinski definition) is 4. The summed E-state index contributed by atoms with van der Waals surface area (Å²) < 4.78 is 6.64. The Hall–Kier alpha value is -6.00. The second-order valence-corrected chi connectivity index (χ2v) is 16.3. The van der Waals surface area contributed by atoms with Crippen molar-refractivity contribution in [3.05, 3.63) is 115 Å². The van der Waals surface area contributed by atoms with Gasteiger partial charge in [0.25, 0.3) is 0 Å². The summed E-state index contributed by atoms with van der Waals surface area (Å²) in [6, 6.07) is 40.7. The van der Waals surface area contributed by atoms with Gasteiger partial charge in [0.2, 0.25) is 0 Å². The summed E-state index contributed by atoms with van der Waals surface area (Å²) in [6.45, 7) is 0. The molecule has 0 unspecified atom stereocenters. The number of aromatic nitrogens is 3. The van der Waals surface area contributed by atoms with E-state index in [0.29, 0.717) is 17.5 Å². The molecule has 0 aliphatic carbocycles. The number of benzene rings is 7. The molecule has 2 aromatic heterocycles. The summed E-state index contributed by atoms with van der Waals surface area (Å²) in [5, 5.41) is 2.04. The lowest BCUT2D eigenvalue weighted by atomic mass is 9.60. The Morgan fingerprint density at radius 3 is 1.07 bits per heavy atom. The Bertz CT molecular complexity index is 3010. The topological polar surface area (TPSA) is 51.8 Å². The van der Waals surface area contributed by atoms with Crippen molar-refractivity contribution in [2.75, 3.05) is 0 Å². The van der Waals surface area contributed by atoms with Gasteiger partial charge in [-0.05, 0) is 45.5 Å². The van der Waals surface area contributed by atoms with E-state index in [4.69, 9.17) is 19.4 Å². The molecule has 59 heavy (non-hydrogen) atoms. The van der Waals surface area contributed by atoms with Gasteiger partial charge in [0, 0.05) is 27.5 Å². The number of rotatable bonds is 6. The minimum Gasteiger partial charge on any atom is -0.456 e. The molecular formula is C45H39B10N3O. The minimum atomic E-state index is 0.631. The van der Waals surface area contributed by atoms with Gasteiger partial charge in [0.15, 0.2) is 17.5 Å². The third-order valence-corrected chi connectivity index (χ3v) is 13.4. The lowest BCUT2D eigenvalue weighted by molar-refractivity contribution is 0.669. The monoisotopic (exact) mass is 747 g/mol. The molecule has 0 aliphatic rings. The molecule has 2 heterocycles. The van der Waals surface area contributed by atoms with Crippen molar-refractivity contribution in [1.29, 1.82) is 0 Å². The van der Waals surface area contributed by atoms with Crippen LogP contribution in [0.4, 0.5) is 0 Å². The highest BCUT2D eigenvalue weighted by atomic mass is 16.3. The second kappa shape index (κ2) is 15.0. The Balaban J connectivity index is 1.24. The Labute approximate surface area is 355 Å². The van der Waals surface area contributed by atoms with Gasteiger partial charge in [-0.15, -0.1) is 32.8 Å². The summed E-state index contributed by atoms with van der Waals surface area (Å²) in [5.41, 5.74) is 24.2. The van der Waals surface area contributed by atoms with Crippen LogP contribution >= 0.6 is 0 Å². The summed E-state index contributed by atoms with van der Waals surface area (Å²) in [5.74, 6) is 2.02. The minimum absolute atomic E-state index is 0.631. The van der Waals surface area contributed by atoms with Crippen LogP contribution in [0, 0.1) is 0 Å². The van der Waals surface area contributed by atoms with Gasteiger partial charge in [-0.3, -0.25) is 0 Å². The van der Waals surface area contributed by atoms with E-state index >= 15 is 0 Å². The van der Waals surface area contributed by atoms with Crippen LogP contribution in [0.25, 0.3) is 89.5 Å². The Morgan fingerprint density at radius 2 is 0.627 bits per heavy atom. The smallest absolute Gasteiger partial charge is 0.164 e. The maximum atomic E-state index is 6.64. The predicted octanol–water partition coefficient (Wildman–Crippen LogP) is -5.64. The molecule has 0 amide bonds. The quantitative estimate of drug-likeness (QED) is 0.160. The fraction of sp³-hybridized carbons (Fsp3) is 0. The van der Waals surface area contributed by atoms with Crippen LogP contribution in [0.3, 0.4) is 0 Å². The number of fused-ring (bicyclic) bond motifs is 3. The molecule has 0 aliphatic heterocycles. The molecule has 9 aromatic rings. The molecule has 270 valence electrons. The summed E-state index contributed by atoms with van der Waals surface area (Å²) in [7, 11) is 22.0. The molecule has 7 aromatic carbocycles. The summed E-state index contributed by atoms with van der Waals surface area (Å²) in [4.78, 5) is 16.2. The van der Waals surface area contributed by atoms with Crippen molar-refractivity contribution in [2.24, 2.45) is 0 Å². The van der Waals surface area contributed by atoms with E-state index in [9.17, 15) is 0 Å². The first-order valence-electron chi connectivity index (χ1n) is 20.5. The van der Waals surface area contributed by atoms with Gasteiger partial charge < -0.3 is 4.42 Å². The number of furan rings is 1. The third-order valence-electron chi connectivity index (χ3n) is 13.4. The SMILES string of the molecule is Bc1c(B)c(B)c(-c2nc(-c3c(B)c(B)c(B)c(B)c3B)nc(-c3cccc4oc5cccc(-c6ccc(-c7ccc(-c8ccccc8)cc7)cc6)c5c34)n2)c(B)c1B. The van der Waals surface area contributed by atoms with E-state index in [-0.39, 0.29) is 0 Å². The molecule has 0 spiro atoms. The zero-order chi connectivity index (χ0) is 41.3. The first kappa shape index (κ1) is 38.5. The lowest BCUT2D eigenvalue weighted by Crippen LogP contribution is -2.55. The molecule has 0 atom stereocenters. The van der Waals surface area contributed by atoms with E-state index in [1.54, 1.807) is 0 Å². The van der Waals surface area contributed by atoms with Crippen molar-refractivity contribution in [3.63, 3.8) is 0 Å². The highest BCUT2D eigenvalue weighted by molar-refractivity contribution is 6.70. The zero-order valence-corrected chi connectivity index (χ0v) is 35.7. The molecule has 0 saturated carbocycles. The maximum absolute atomic E-state index is 6.64. The third kappa shape index (κ3) is 6.45. The van der Waals surface area contributed by atoms with Crippen LogP contribution in [0.5, 0.6) is 0 Å². The zero-order valence-electron chi connectivity index (χ0n) is 35.7. The molecule has 0 fully saturated rings. The van der Waals surface area contributed by atoms with E-state index in [1.807, 2.05) is 6.07 Å². The first-order chi connectivity index (χ1) is 28.4. The first-order valence-corrected chi connectivity index (χ1v) is 20.5. The van der Waals surface area contributed by atoms with Crippen LogP contribution in [-0.2, 0) is 0 Å². The highest BCUT2D eigenvalue weighted by Gasteiger charge is 2.24. The largest absolute Gasteiger partial charge is 0.456 e. The van der Waals surface area contributed by atoms with Gasteiger partial charge >= 0.3 is 0 Å². The van der Waals surface area contributed by atoms with Crippen molar-refractivity contribution in [3.8, 4) is 67.5 Å². The van der Waals surface area contributed by atoms with E-state index in [2.05, 4.69) is 188 Å². The van der Waals surface area contributed by atoms with Crippen molar-refractivity contribution in [2.45, 2.75) is 0 Å². The van der Waals surface area contributed by atoms with Gasteiger partial charge in [-0.2, -0.15) is 0 Å². The highest BCUT2D eigenvalue weighted by Crippen LogP contribution is 2.41. The Morgan fingerprint density at radius 1 is 0.288 bits per heavy atom. The van der Waals surface area contributed by atoms with Crippen molar-refractivity contribution in [1.82, 2.24) is 15.0 Å². The standard InChI is InChI=1S/C45H39B10N3O/c46-33-31(34(47)38(51)41(54)37(33)50)44-56-43(57-45(58-44)32-35(48)39(52)42(55)40(53)36(32)49)26-9-5-11-28-30(26)29-25(8-4-10-27(29)59-28)24-18-16-23(17-19-24)22-14-12-21(13-15-22)20-6-2-1-3-7-20/h1-19H,46-55H2. The fourth-order valence-corrected chi connectivity index (χ4v) is 9.01. The van der Waals surface area contributed by atoms with Crippen LogP contribution in [-0.4, -0.2) is 93.4 Å². The summed E-state index contributed by atoms with van der Waals surface area (Å²) in [6.07, 6.45) is 0. The summed E-state index contributed by atoms with van der Waals surface area (Å²) >= 11 is 0. The molecule has 0 saturated heterocycles. The molecule has 9 rings (SSSR count). The van der Waals surface area contributed by atoms with Gasteiger partial charge in [0.05, 0.1) is 0 Å². The molecule has 0 radical (unpaired) electrons. The maximum Gasteiger partial charge on any atom is 0.164 e. The fourth-order valence-electron chi connectivity index (χ4n) is 9.01. The van der Waals surface area contributed by atoms with Crippen molar-refractivity contribution >= 4 is 155 Å². The lowest BCUT2D eigenvalue weighted by Gasteiger charge is -2.22. The second-order valence-electron chi connectivity index (χ2n) is 16.3. The van der Waals surface area contributed by atoms with Gasteiger partial charge in [-0.1, -0.05) is 125 Å². The van der Waals surface area contributed by atoms with E-state index < -0.39 is 0 Å². The van der Waals surface area contributed by atoms with Crippen LogP contribution in [0.15, 0.2) is 120 Å². The van der Waals surface area contributed by atoms with Crippen LogP contribution in [0.2, 0.25) is 0 Å².